The lowest BCUT2D eigenvalue weighted by atomic mass is 10.0. The molecule has 1 N–H and O–H groups in total. The highest BCUT2D eigenvalue weighted by atomic mass is 16.6. The molecule has 1 aromatic rings. The fourth-order valence-corrected chi connectivity index (χ4v) is 3.30. The number of hydrogen-bond acceptors (Lipinski definition) is 7. The molecule has 8 heteroatoms. The minimum atomic E-state index is -0.946. The number of carbonyl (C=O) groups excluding carboxylic acids is 2. The topological polar surface area (TPSA) is 88.5 Å². The van der Waals surface area contributed by atoms with Crippen LogP contribution in [0.4, 0.5) is 4.79 Å². The van der Waals surface area contributed by atoms with Crippen molar-refractivity contribution in [3.63, 3.8) is 0 Å². The molecule has 1 heterocycles. The van der Waals surface area contributed by atoms with Gasteiger partial charge in [0.2, 0.25) is 0 Å². The van der Waals surface area contributed by atoms with Crippen LogP contribution in [-0.2, 0) is 25.5 Å². The molecule has 0 aliphatic carbocycles. The van der Waals surface area contributed by atoms with Crippen LogP contribution in [0.15, 0.2) is 42.5 Å². The molecular formula is C22H32N2O6. The molecule has 2 atom stereocenters. The van der Waals surface area contributed by atoms with E-state index in [9.17, 15) is 14.8 Å². The van der Waals surface area contributed by atoms with Crippen LogP contribution in [0.3, 0.4) is 0 Å². The van der Waals surface area contributed by atoms with Crippen LogP contribution >= 0.6 is 0 Å². The van der Waals surface area contributed by atoms with Crippen LogP contribution < -0.4 is 0 Å². The van der Waals surface area contributed by atoms with Crippen molar-refractivity contribution in [3.05, 3.63) is 48.0 Å². The summed E-state index contributed by atoms with van der Waals surface area (Å²) in [5, 5.41) is 12.0. The van der Waals surface area contributed by atoms with Crippen LogP contribution in [0.1, 0.15) is 40.2 Å². The summed E-state index contributed by atoms with van der Waals surface area (Å²) >= 11 is 0. The Bertz CT molecular complexity index is 757. The van der Waals surface area contributed by atoms with Crippen molar-refractivity contribution in [1.82, 2.24) is 9.96 Å². The van der Waals surface area contributed by atoms with Gasteiger partial charge in [-0.05, 0) is 40.2 Å². The number of nitrogens with zero attached hydrogens (tertiary/aromatic N) is 2. The summed E-state index contributed by atoms with van der Waals surface area (Å²) in [5.41, 5.74) is -0.767. The smallest absolute Gasteiger partial charge is 0.412 e. The summed E-state index contributed by atoms with van der Waals surface area (Å²) in [6.45, 7) is 9.23. The molecule has 2 rings (SSSR count). The standard InChI is InChI=1S/C22H32N2O6/c1-21(2,3)30-20(26)24-18(15-29-22(24,4)5)17(12-13-19(25)28-6)23(27)14-16-10-8-7-9-11-16/h7-13,17-18,27H,14-15H2,1-6H3/b13-12+/t17-,18-/m0/s1. The van der Waals surface area contributed by atoms with E-state index in [4.69, 9.17) is 9.47 Å². The molecule has 0 spiro atoms. The molecule has 1 aliphatic heterocycles. The Hall–Kier alpha value is -2.42. The number of benzene rings is 1. The Labute approximate surface area is 178 Å². The maximum atomic E-state index is 13.0. The first-order valence-electron chi connectivity index (χ1n) is 9.86. The van der Waals surface area contributed by atoms with E-state index in [0.29, 0.717) is 0 Å². The second-order valence-corrected chi connectivity index (χ2v) is 8.63. The summed E-state index contributed by atoms with van der Waals surface area (Å²) in [6, 6.07) is 8.06. The molecule has 1 amide bonds. The average molecular weight is 421 g/mol. The lowest BCUT2D eigenvalue weighted by Crippen LogP contribution is -2.56. The fraction of sp³-hybridized carbons (Fsp3) is 0.545. The Morgan fingerprint density at radius 2 is 1.97 bits per heavy atom. The summed E-state index contributed by atoms with van der Waals surface area (Å²) in [6.07, 6.45) is 2.19. The van der Waals surface area contributed by atoms with Crippen LogP contribution in [0, 0.1) is 0 Å². The summed E-state index contributed by atoms with van der Waals surface area (Å²) < 4.78 is 16.1. The van der Waals surface area contributed by atoms with Gasteiger partial charge < -0.3 is 19.4 Å². The molecule has 0 saturated carbocycles. The predicted molar refractivity (Wildman–Crippen MR) is 111 cm³/mol. The van der Waals surface area contributed by atoms with Gasteiger partial charge in [-0.15, -0.1) is 0 Å². The number of rotatable bonds is 6. The second-order valence-electron chi connectivity index (χ2n) is 8.63. The van der Waals surface area contributed by atoms with E-state index in [2.05, 4.69) is 4.74 Å². The van der Waals surface area contributed by atoms with Gasteiger partial charge in [0, 0.05) is 12.6 Å². The highest BCUT2D eigenvalue weighted by Crippen LogP contribution is 2.32. The molecule has 8 nitrogen and oxygen atoms in total. The van der Waals surface area contributed by atoms with Gasteiger partial charge in [-0.2, -0.15) is 5.06 Å². The van der Waals surface area contributed by atoms with Crippen LogP contribution in [0.25, 0.3) is 0 Å². The van der Waals surface area contributed by atoms with Crippen molar-refractivity contribution in [3.8, 4) is 0 Å². The number of hydrogen-bond donors (Lipinski definition) is 1. The lowest BCUT2D eigenvalue weighted by Gasteiger charge is -2.38. The van der Waals surface area contributed by atoms with E-state index in [-0.39, 0.29) is 13.2 Å². The van der Waals surface area contributed by atoms with E-state index >= 15 is 0 Å². The van der Waals surface area contributed by atoms with Crippen molar-refractivity contribution in [2.45, 2.75) is 64.6 Å². The number of amides is 1. The molecule has 1 aromatic carbocycles. The molecule has 0 bridgehead atoms. The summed E-state index contributed by atoms with van der Waals surface area (Å²) in [5.74, 6) is -0.560. The van der Waals surface area contributed by atoms with Crippen LogP contribution in [-0.4, -0.2) is 64.4 Å². The van der Waals surface area contributed by atoms with Gasteiger partial charge in [-0.25, -0.2) is 9.59 Å². The molecule has 0 aromatic heterocycles. The third-order valence-electron chi connectivity index (χ3n) is 4.67. The lowest BCUT2D eigenvalue weighted by molar-refractivity contribution is -0.139. The molecule has 1 fully saturated rings. The van der Waals surface area contributed by atoms with E-state index in [1.165, 1.54) is 24.2 Å². The van der Waals surface area contributed by atoms with E-state index < -0.39 is 35.5 Å². The van der Waals surface area contributed by atoms with Crippen molar-refractivity contribution >= 4 is 12.1 Å². The highest BCUT2D eigenvalue weighted by Gasteiger charge is 2.49. The number of ether oxygens (including phenoxy) is 3. The number of carbonyl (C=O) groups is 2. The van der Waals surface area contributed by atoms with Gasteiger partial charge in [0.05, 0.1) is 25.8 Å². The normalized spacial score (nSPS) is 19.9. The Morgan fingerprint density at radius 1 is 1.33 bits per heavy atom. The zero-order valence-electron chi connectivity index (χ0n) is 18.5. The van der Waals surface area contributed by atoms with Crippen molar-refractivity contribution < 1.29 is 29.0 Å². The zero-order chi connectivity index (χ0) is 22.5. The zero-order valence-corrected chi connectivity index (χ0v) is 18.5. The van der Waals surface area contributed by atoms with Gasteiger partial charge in [0.15, 0.2) is 0 Å². The maximum Gasteiger partial charge on any atom is 0.412 e. The van der Waals surface area contributed by atoms with Crippen molar-refractivity contribution in [2.24, 2.45) is 0 Å². The first-order chi connectivity index (χ1) is 13.9. The molecule has 0 radical (unpaired) electrons. The number of esters is 1. The predicted octanol–water partition coefficient (Wildman–Crippen LogP) is 3.35. The number of hydroxylamine groups is 2. The van der Waals surface area contributed by atoms with E-state index in [1.54, 1.807) is 34.6 Å². The van der Waals surface area contributed by atoms with Crippen LogP contribution in [0.5, 0.6) is 0 Å². The van der Waals surface area contributed by atoms with Crippen molar-refractivity contribution in [2.75, 3.05) is 13.7 Å². The minimum Gasteiger partial charge on any atom is -0.466 e. The molecule has 30 heavy (non-hydrogen) atoms. The monoisotopic (exact) mass is 420 g/mol. The van der Waals surface area contributed by atoms with Crippen molar-refractivity contribution in [1.29, 1.82) is 0 Å². The SMILES string of the molecule is COC(=O)/C=C/[C@@H]([C@@H]1COC(C)(C)N1C(=O)OC(C)(C)C)N(O)Cc1ccccc1. The van der Waals surface area contributed by atoms with Gasteiger partial charge in [0.25, 0.3) is 0 Å². The largest absolute Gasteiger partial charge is 0.466 e. The quantitative estimate of drug-likeness (QED) is 0.429. The number of methoxy groups -OCH3 is 1. The Kier molecular flexibility index (Phi) is 7.63. The minimum absolute atomic E-state index is 0.161. The molecule has 166 valence electrons. The maximum absolute atomic E-state index is 13.0. The Balaban J connectivity index is 2.35. The second kappa shape index (κ2) is 9.59. The fourth-order valence-electron chi connectivity index (χ4n) is 3.30. The third-order valence-corrected chi connectivity index (χ3v) is 4.67. The first kappa shape index (κ1) is 23.9. The Morgan fingerprint density at radius 3 is 2.53 bits per heavy atom. The average Bonchev–Trinajstić information content (AvgIpc) is 2.96. The van der Waals surface area contributed by atoms with E-state index in [0.717, 1.165) is 10.6 Å². The van der Waals surface area contributed by atoms with Gasteiger partial charge >= 0.3 is 12.1 Å². The third kappa shape index (κ3) is 6.29. The van der Waals surface area contributed by atoms with Gasteiger partial charge in [-0.1, -0.05) is 36.4 Å². The van der Waals surface area contributed by atoms with Gasteiger partial charge in [0.1, 0.15) is 11.3 Å². The summed E-state index contributed by atoms with van der Waals surface area (Å²) in [4.78, 5) is 26.1. The van der Waals surface area contributed by atoms with Crippen LogP contribution in [0.2, 0.25) is 0 Å². The molecule has 1 aliphatic rings. The first-order valence-corrected chi connectivity index (χ1v) is 9.86. The van der Waals surface area contributed by atoms with E-state index in [1.807, 2.05) is 30.3 Å². The van der Waals surface area contributed by atoms with Gasteiger partial charge in [-0.3, -0.25) is 4.90 Å². The summed E-state index contributed by atoms with van der Waals surface area (Å²) in [7, 11) is 1.27. The molecule has 1 saturated heterocycles. The molecule has 0 unspecified atom stereocenters. The highest BCUT2D eigenvalue weighted by molar-refractivity contribution is 5.81. The molecular weight excluding hydrogens is 388 g/mol.